The van der Waals surface area contributed by atoms with Crippen LogP contribution in [0.2, 0.25) is 0 Å². The lowest BCUT2D eigenvalue weighted by Gasteiger charge is -2.31. The highest BCUT2D eigenvalue weighted by Gasteiger charge is 2.21. The van der Waals surface area contributed by atoms with Crippen molar-refractivity contribution in [1.29, 1.82) is 0 Å². The molecule has 21 heavy (non-hydrogen) atoms. The smallest absolute Gasteiger partial charge is 0.338 e. The van der Waals surface area contributed by atoms with E-state index in [0.29, 0.717) is 17.3 Å². The number of piperidine rings is 1. The highest BCUT2D eigenvalue weighted by Crippen LogP contribution is 2.18. The lowest BCUT2D eigenvalue weighted by atomic mass is 10.00. The van der Waals surface area contributed by atoms with Crippen molar-refractivity contribution in [3.8, 4) is 0 Å². The Bertz CT molecular complexity index is 652. The molecule has 1 aliphatic rings. The fraction of sp³-hybridized carbons (Fsp3) is 0.533. The summed E-state index contributed by atoms with van der Waals surface area (Å²) < 4.78 is 6.44. The summed E-state index contributed by atoms with van der Waals surface area (Å²) in [4.78, 5) is 18.5. The number of likely N-dealkylation sites (N-methyl/N-ethyl adjacent to an activating group) is 1. The van der Waals surface area contributed by atoms with E-state index in [9.17, 15) is 4.79 Å². The molecular weight excluding hydrogens is 268 g/mol. The molecule has 0 spiro atoms. The maximum absolute atomic E-state index is 11.5. The van der Waals surface area contributed by atoms with Crippen LogP contribution in [0.25, 0.3) is 5.65 Å². The van der Waals surface area contributed by atoms with E-state index in [-0.39, 0.29) is 5.97 Å². The van der Waals surface area contributed by atoms with E-state index < -0.39 is 0 Å². The summed E-state index contributed by atoms with van der Waals surface area (Å²) >= 11 is 0. The van der Waals surface area contributed by atoms with Gasteiger partial charge in [-0.05, 0) is 38.6 Å². The van der Waals surface area contributed by atoms with Gasteiger partial charge in [-0.1, -0.05) is 6.42 Å². The largest absolute Gasteiger partial charge is 0.465 e. The third-order valence-electron chi connectivity index (χ3n) is 4.14. The van der Waals surface area contributed by atoms with Crippen molar-refractivity contribution in [2.24, 2.45) is 0 Å². The van der Waals surface area contributed by atoms with Crippen molar-refractivity contribution in [1.82, 2.24) is 19.5 Å². The number of hydrogen-bond donors (Lipinski definition) is 0. The fourth-order valence-corrected chi connectivity index (χ4v) is 2.87. The van der Waals surface area contributed by atoms with E-state index in [4.69, 9.17) is 4.74 Å². The molecule has 0 aromatic carbocycles. The topological polar surface area (TPSA) is 59.7 Å². The monoisotopic (exact) mass is 288 g/mol. The number of nitrogens with zero attached hydrogens (tertiary/aromatic N) is 4. The van der Waals surface area contributed by atoms with Crippen LogP contribution in [0.1, 0.15) is 35.4 Å². The van der Waals surface area contributed by atoms with Gasteiger partial charge in [-0.25, -0.2) is 14.3 Å². The Morgan fingerprint density at radius 1 is 1.48 bits per heavy atom. The molecule has 1 aliphatic heterocycles. The number of rotatable bonds is 3. The van der Waals surface area contributed by atoms with Crippen LogP contribution in [-0.2, 0) is 11.2 Å². The van der Waals surface area contributed by atoms with Crippen LogP contribution in [-0.4, -0.2) is 52.2 Å². The molecule has 1 unspecified atom stereocenters. The van der Waals surface area contributed by atoms with Gasteiger partial charge in [0.1, 0.15) is 0 Å². The summed E-state index contributed by atoms with van der Waals surface area (Å²) in [6, 6.07) is 3.92. The molecule has 3 heterocycles. The zero-order valence-corrected chi connectivity index (χ0v) is 12.5. The molecule has 0 aliphatic carbocycles. The van der Waals surface area contributed by atoms with Gasteiger partial charge in [0.25, 0.3) is 0 Å². The van der Waals surface area contributed by atoms with Crippen LogP contribution in [0.4, 0.5) is 0 Å². The standard InChI is InChI=1S/C15H20N4O2/c1-18-7-4-3-5-12(18)10-13-16-14-9-11(15(20)21-2)6-8-19(14)17-13/h6,8-9,12H,3-5,7,10H2,1-2H3. The summed E-state index contributed by atoms with van der Waals surface area (Å²) in [6.07, 6.45) is 6.34. The van der Waals surface area contributed by atoms with Crippen molar-refractivity contribution < 1.29 is 9.53 Å². The van der Waals surface area contributed by atoms with Gasteiger partial charge in [-0.2, -0.15) is 5.10 Å². The second-order valence-corrected chi connectivity index (χ2v) is 5.57. The van der Waals surface area contributed by atoms with Crippen LogP contribution in [0.5, 0.6) is 0 Å². The Morgan fingerprint density at radius 2 is 2.33 bits per heavy atom. The average Bonchev–Trinajstić information content (AvgIpc) is 2.90. The zero-order valence-electron chi connectivity index (χ0n) is 12.5. The van der Waals surface area contributed by atoms with E-state index in [1.165, 1.54) is 26.4 Å². The number of likely N-dealkylation sites (tertiary alicyclic amines) is 1. The molecule has 1 atom stereocenters. The lowest BCUT2D eigenvalue weighted by molar-refractivity contribution is 0.0600. The van der Waals surface area contributed by atoms with E-state index in [0.717, 1.165) is 18.8 Å². The Hall–Kier alpha value is -1.95. The number of ether oxygens (including phenoxy) is 1. The molecule has 0 bridgehead atoms. The molecule has 0 amide bonds. The van der Waals surface area contributed by atoms with E-state index in [2.05, 4.69) is 22.0 Å². The molecule has 3 rings (SSSR count). The van der Waals surface area contributed by atoms with Gasteiger partial charge in [0.2, 0.25) is 0 Å². The van der Waals surface area contributed by atoms with E-state index in [1.54, 1.807) is 22.8 Å². The predicted octanol–water partition coefficient (Wildman–Crippen LogP) is 1.54. The summed E-state index contributed by atoms with van der Waals surface area (Å²) in [5.41, 5.74) is 1.19. The van der Waals surface area contributed by atoms with Crippen LogP contribution in [0.3, 0.4) is 0 Å². The van der Waals surface area contributed by atoms with Gasteiger partial charge >= 0.3 is 5.97 Å². The molecule has 0 saturated carbocycles. The molecule has 0 N–H and O–H groups in total. The van der Waals surface area contributed by atoms with Crippen molar-refractivity contribution >= 4 is 11.6 Å². The Morgan fingerprint density at radius 3 is 3.10 bits per heavy atom. The second-order valence-electron chi connectivity index (χ2n) is 5.57. The number of aromatic nitrogens is 3. The summed E-state index contributed by atoms with van der Waals surface area (Å²) in [7, 11) is 3.54. The minimum Gasteiger partial charge on any atom is -0.465 e. The van der Waals surface area contributed by atoms with Crippen LogP contribution in [0, 0.1) is 0 Å². The molecule has 1 saturated heterocycles. The van der Waals surface area contributed by atoms with E-state index in [1.807, 2.05) is 0 Å². The molecule has 2 aromatic heterocycles. The first-order valence-electron chi connectivity index (χ1n) is 7.31. The van der Waals surface area contributed by atoms with Crippen molar-refractivity contribution in [2.75, 3.05) is 20.7 Å². The van der Waals surface area contributed by atoms with Crippen LogP contribution >= 0.6 is 0 Å². The maximum Gasteiger partial charge on any atom is 0.338 e. The first-order valence-corrected chi connectivity index (χ1v) is 7.31. The van der Waals surface area contributed by atoms with Gasteiger partial charge in [-0.15, -0.1) is 0 Å². The summed E-state index contributed by atoms with van der Waals surface area (Å²) in [5.74, 6) is 0.477. The fourth-order valence-electron chi connectivity index (χ4n) is 2.87. The third-order valence-corrected chi connectivity index (χ3v) is 4.14. The van der Waals surface area contributed by atoms with Crippen molar-refractivity contribution in [2.45, 2.75) is 31.7 Å². The number of pyridine rings is 1. The lowest BCUT2D eigenvalue weighted by Crippen LogP contribution is -2.37. The molecule has 6 nitrogen and oxygen atoms in total. The number of fused-ring (bicyclic) bond motifs is 1. The highest BCUT2D eigenvalue weighted by atomic mass is 16.5. The average molecular weight is 288 g/mol. The van der Waals surface area contributed by atoms with Gasteiger partial charge < -0.3 is 9.64 Å². The summed E-state index contributed by atoms with van der Waals surface area (Å²) in [5, 5.41) is 4.49. The quantitative estimate of drug-likeness (QED) is 0.802. The van der Waals surface area contributed by atoms with Crippen molar-refractivity contribution in [3.05, 3.63) is 29.7 Å². The first kappa shape index (κ1) is 14.0. The Labute approximate surface area is 123 Å². The molecular formula is C15H20N4O2. The Kier molecular flexibility index (Phi) is 3.88. The molecule has 6 heteroatoms. The summed E-state index contributed by atoms with van der Waals surface area (Å²) in [6.45, 7) is 1.14. The van der Waals surface area contributed by atoms with Crippen molar-refractivity contribution in [3.63, 3.8) is 0 Å². The number of methoxy groups -OCH3 is 1. The number of carbonyl (C=O) groups excluding carboxylic acids is 1. The normalized spacial score (nSPS) is 19.8. The Balaban J connectivity index is 1.82. The molecule has 112 valence electrons. The zero-order chi connectivity index (χ0) is 14.8. The number of esters is 1. The molecule has 2 aromatic rings. The van der Waals surface area contributed by atoms with Gasteiger partial charge in [0.05, 0.1) is 12.7 Å². The highest BCUT2D eigenvalue weighted by molar-refractivity contribution is 5.90. The number of hydrogen-bond acceptors (Lipinski definition) is 5. The van der Waals surface area contributed by atoms with Crippen LogP contribution < -0.4 is 0 Å². The van der Waals surface area contributed by atoms with Crippen LogP contribution in [0.15, 0.2) is 18.3 Å². The SMILES string of the molecule is COC(=O)c1ccn2nc(CC3CCCCN3C)nc2c1. The van der Waals surface area contributed by atoms with E-state index >= 15 is 0 Å². The minimum absolute atomic E-state index is 0.353. The van der Waals surface area contributed by atoms with Gasteiger partial charge in [0.15, 0.2) is 11.5 Å². The second kappa shape index (κ2) is 5.81. The predicted molar refractivity (Wildman–Crippen MR) is 78.3 cm³/mol. The van der Waals surface area contributed by atoms with Gasteiger partial charge in [-0.3, -0.25) is 0 Å². The third kappa shape index (κ3) is 2.90. The molecule has 1 fully saturated rings. The minimum atomic E-state index is -0.353. The number of carbonyl (C=O) groups is 1. The first-order chi connectivity index (χ1) is 10.2. The molecule has 0 radical (unpaired) electrons. The maximum atomic E-state index is 11.5. The van der Waals surface area contributed by atoms with Gasteiger partial charge in [0, 0.05) is 18.7 Å².